The number of nitrogen functional groups attached to an aromatic ring is 1. The number of aliphatic hydroxyl groups is 3. The molecular weight excluding hydrogens is 412 g/mol. The summed E-state index contributed by atoms with van der Waals surface area (Å²) in [4.78, 5) is 39.6. The predicted octanol–water partition coefficient (Wildman–Crippen LogP) is -2.57. The third kappa shape index (κ3) is 3.07. The first-order chi connectivity index (χ1) is 12.4. The zero-order valence-corrected chi connectivity index (χ0v) is 15.0. The zero-order valence-electron chi connectivity index (χ0n) is 13.2. The van der Waals surface area contributed by atoms with Crippen molar-refractivity contribution in [3.05, 3.63) is 12.7 Å². The van der Waals surface area contributed by atoms with Gasteiger partial charge in [0.25, 0.3) is 5.47 Å². The van der Waals surface area contributed by atoms with Gasteiger partial charge in [-0.3, -0.25) is 9.13 Å². The van der Waals surface area contributed by atoms with Crippen molar-refractivity contribution < 1.29 is 48.2 Å². The van der Waals surface area contributed by atoms with E-state index in [1.54, 1.807) is 0 Å². The third-order valence-electron chi connectivity index (χ3n) is 3.92. The van der Waals surface area contributed by atoms with E-state index in [4.69, 9.17) is 20.3 Å². The van der Waals surface area contributed by atoms with Crippen LogP contribution < -0.4 is 5.73 Å². The highest BCUT2D eigenvalue weighted by molar-refractivity contribution is 7.64. The molecule has 15 nitrogen and oxygen atoms in total. The van der Waals surface area contributed by atoms with E-state index in [-0.39, 0.29) is 17.0 Å². The average Bonchev–Trinajstić information content (AvgIpc) is 3.08. The number of aliphatic hydroxyl groups excluding tert-OH is 3. The van der Waals surface area contributed by atoms with Gasteiger partial charge < -0.3 is 40.5 Å². The lowest BCUT2D eigenvalue weighted by atomic mass is 10.1. The normalized spacial score (nSPS) is 31.3. The maximum atomic E-state index is 12.8. The number of fused-ring (bicyclic) bond motifs is 1. The monoisotopic (exact) mass is 427 g/mol. The van der Waals surface area contributed by atoms with Gasteiger partial charge in [0, 0.05) is 0 Å². The van der Waals surface area contributed by atoms with Crippen molar-refractivity contribution in [1.29, 1.82) is 0 Å². The first kappa shape index (κ1) is 20.2. The third-order valence-corrected chi connectivity index (χ3v) is 7.05. The molecule has 1 aliphatic rings. The van der Waals surface area contributed by atoms with E-state index < -0.39 is 45.8 Å². The van der Waals surface area contributed by atoms with Crippen molar-refractivity contribution in [1.82, 2.24) is 19.5 Å². The molecular formula is C10H15N5O10P2. The molecule has 0 spiro atoms. The van der Waals surface area contributed by atoms with Gasteiger partial charge in [-0.25, -0.2) is 23.8 Å². The fourth-order valence-corrected chi connectivity index (χ4v) is 5.59. The standard InChI is InChI=1S/C10H15N5O10P2/c11-8-5-9(13-2-12-8)15(3-14-5)10(26(19,20)25-27(21,22)23)7(18)6(17)4(1-16)24-10/h2-4,6-7,16-18H,1H2,(H,19,20)(H2,11,12,13)(H2,21,22,23)/t4-,6-,7-,10+/m1/s1. The summed E-state index contributed by atoms with van der Waals surface area (Å²) < 4.78 is 33.9. The number of rotatable bonds is 5. The number of hydrogen-bond acceptors (Lipinski definition) is 11. The fraction of sp³-hybridized carbons (Fsp3) is 0.500. The van der Waals surface area contributed by atoms with Crippen LogP contribution in [0.4, 0.5) is 5.82 Å². The summed E-state index contributed by atoms with van der Waals surface area (Å²) in [5, 5.41) is 29.8. The Labute approximate surface area is 149 Å². The Hall–Kier alpha value is -1.51. The van der Waals surface area contributed by atoms with Crippen LogP contribution in [-0.4, -0.2) is 74.4 Å². The van der Waals surface area contributed by atoms with Crippen LogP contribution in [0.3, 0.4) is 0 Å². The van der Waals surface area contributed by atoms with Crippen molar-refractivity contribution in [3.63, 3.8) is 0 Å². The molecule has 3 rings (SSSR count). The molecule has 0 amide bonds. The van der Waals surface area contributed by atoms with Crippen molar-refractivity contribution >= 4 is 32.4 Å². The molecule has 27 heavy (non-hydrogen) atoms. The Bertz CT molecular complexity index is 963. The van der Waals surface area contributed by atoms with Gasteiger partial charge in [-0.1, -0.05) is 0 Å². The molecule has 0 bridgehead atoms. The molecule has 1 fully saturated rings. The summed E-state index contributed by atoms with van der Waals surface area (Å²) in [5.41, 5.74) is 2.27. The Morgan fingerprint density at radius 2 is 1.93 bits per heavy atom. The first-order valence-electron chi connectivity index (χ1n) is 7.13. The topological polar surface area (TPSA) is 244 Å². The second kappa shape index (κ2) is 6.53. The number of phosphoric acid groups is 1. The maximum absolute atomic E-state index is 12.8. The highest BCUT2D eigenvalue weighted by Crippen LogP contribution is 2.70. The highest BCUT2D eigenvalue weighted by Gasteiger charge is 2.68. The first-order valence-corrected chi connectivity index (χ1v) is 10.2. The molecule has 0 aliphatic carbocycles. The highest BCUT2D eigenvalue weighted by atomic mass is 31.3. The quantitative estimate of drug-likeness (QED) is 0.242. The molecule has 3 heterocycles. The fourth-order valence-electron chi connectivity index (χ4n) is 2.79. The van der Waals surface area contributed by atoms with E-state index in [1.807, 2.05) is 0 Å². The SMILES string of the molecule is Nc1ncnc2c1ncn2[C@]1(P(=O)(O)OP(=O)(O)O)O[C@H](CO)[C@@H](O)[C@H]1O. The molecule has 17 heteroatoms. The summed E-state index contributed by atoms with van der Waals surface area (Å²) in [6.45, 7) is -0.903. The van der Waals surface area contributed by atoms with Crippen LogP contribution in [0, 0.1) is 0 Å². The van der Waals surface area contributed by atoms with Gasteiger partial charge in [0.05, 0.1) is 6.61 Å². The minimum atomic E-state index is -5.63. The van der Waals surface area contributed by atoms with Crippen LogP contribution in [0.25, 0.3) is 11.2 Å². The molecule has 8 N–H and O–H groups in total. The van der Waals surface area contributed by atoms with Crippen molar-refractivity contribution in [2.75, 3.05) is 12.3 Å². The number of nitrogens with two attached hydrogens (primary N) is 1. The van der Waals surface area contributed by atoms with Gasteiger partial charge in [-0.2, -0.15) is 0 Å². The Morgan fingerprint density at radius 1 is 1.26 bits per heavy atom. The second-order valence-electron chi connectivity index (χ2n) is 5.57. The number of anilines is 1. The molecule has 2 aromatic heterocycles. The smallest absolute Gasteiger partial charge is 0.394 e. The van der Waals surface area contributed by atoms with E-state index in [9.17, 15) is 29.3 Å². The number of imidazole rings is 1. The van der Waals surface area contributed by atoms with Crippen LogP contribution >= 0.6 is 15.4 Å². The molecule has 5 atom stereocenters. The number of nitrogens with zero attached hydrogens (tertiary/aromatic N) is 4. The van der Waals surface area contributed by atoms with E-state index in [0.717, 1.165) is 12.7 Å². The molecule has 0 aromatic carbocycles. The predicted molar refractivity (Wildman–Crippen MR) is 84.6 cm³/mol. The number of aromatic nitrogens is 4. The molecule has 0 saturated carbocycles. The summed E-state index contributed by atoms with van der Waals surface area (Å²) in [6, 6.07) is 0. The summed E-state index contributed by atoms with van der Waals surface area (Å²) in [6.07, 6.45) is -4.02. The molecule has 1 saturated heterocycles. The van der Waals surface area contributed by atoms with E-state index in [2.05, 4.69) is 19.3 Å². The zero-order chi connectivity index (χ0) is 20.2. The lowest BCUT2D eigenvalue weighted by molar-refractivity contribution is -0.0981. The van der Waals surface area contributed by atoms with Crippen LogP contribution in [0.5, 0.6) is 0 Å². The van der Waals surface area contributed by atoms with Crippen molar-refractivity contribution in [3.8, 4) is 0 Å². The van der Waals surface area contributed by atoms with Gasteiger partial charge in [-0.15, -0.1) is 0 Å². The maximum Gasteiger partial charge on any atom is 0.476 e. The average molecular weight is 427 g/mol. The Kier molecular flexibility index (Phi) is 4.89. The Morgan fingerprint density at radius 3 is 2.48 bits per heavy atom. The largest absolute Gasteiger partial charge is 0.476 e. The molecule has 1 unspecified atom stereocenters. The van der Waals surface area contributed by atoms with Crippen LogP contribution in [-0.2, 0) is 23.6 Å². The van der Waals surface area contributed by atoms with Gasteiger partial charge >= 0.3 is 15.4 Å². The lowest BCUT2D eigenvalue weighted by Gasteiger charge is -2.35. The number of hydrogen-bond donors (Lipinski definition) is 7. The Balaban J connectivity index is 2.30. The van der Waals surface area contributed by atoms with E-state index >= 15 is 0 Å². The van der Waals surface area contributed by atoms with Gasteiger partial charge in [-0.05, 0) is 0 Å². The molecule has 150 valence electrons. The lowest BCUT2D eigenvalue weighted by Crippen LogP contribution is -2.45. The van der Waals surface area contributed by atoms with Crippen molar-refractivity contribution in [2.24, 2.45) is 0 Å². The molecule has 1 aliphatic heterocycles. The van der Waals surface area contributed by atoms with Gasteiger partial charge in [0.2, 0.25) is 0 Å². The molecule has 0 radical (unpaired) electrons. The minimum Gasteiger partial charge on any atom is -0.394 e. The van der Waals surface area contributed by atoms with Gasteiger partial charge in [0.1, 0.15) is 36.5 Å². The van der Waals surface area contributed by atoms with Crippen LogP contribution in [0.2, 0.25) is 0 Å². The summed E-state index contributed by atoms with van der Waals surface area (Å²) >= 11 is 0. The minimum absolute atomic E-state index is 0.0919. The second-order valence-corrected chi connectivity index (χ2v) is 8.89. The van der Waals surface area contributed by atoms with E-state index in [0.29, 0.717) is 4.57 Å². The van der Waals surface area contributed by atoms with Crippen LogP contribution in [0.1, 0.15) is 0 Å². The molecule has 2 aromatic rings. The van der Waals surface area contributed by atoms with Gasteiger partial charge in [0.15, 0.2) is 11.5 Å². The number of ether oxygens (including phenoxy) is 1. The van der Waals surface area contributed by atoms with Crippen LogP contribution in [0.15, 0.2) is 12.7 Å². The van der Waals surface area contributed by atoms with E-state index in [1.165, 1.54) is 0 Å². The summed E-state index contributed by atoms with van der Waals surface area (Å²) in [5.74, 6) is -0.149. The summed E-state index contributed by atoms with van der Waals surface area (Å²) in [7, 11) is -11.2. The van der Waals surface area contributed by atoms with Crippen molar-refractivity contribution in [2.45, 2.75) is 23.8 Å².